The van der Waals surface area contributed by atoms with E-state index < -0.39 is 11.5 Å². The minimum Gasteiger partial charge on any atom is -0.385 e. The van der Waals surface area contributed by atoms with E-state index in [1.165, 1.54) is 6.42 Å². The van der Waals surface area contributed by atoms with Crippen LogP contribution in [0.5, 0.6) is 0 Å². The Kier molecular flexibility index (Phi) is 4.82. The first-order valence-electron chi connectivity index (χ1n) is 7.76. The zero-order valence-electron chi connectivity index (χ0n) is 12.5. The van der Waals surface area contributed by atoms with Gasteiger partial charge in [-0.3, -0.25) is 0 Å². The molecule has 4 heteroatoms. The molecule has 3 unspecified atom stereocenters. The Morgan fingerprint density at radius 3 is 3.05 bits per heavy atom. The molecule has 0 saturated heterocycles. The second-order valence-electron chi connectivity index (χ2n) is 6.05. The van der Waals surface area contributed by atoms with Crippen LogP contribution in [-0.2, 0) is 6.54 Å². The van der Waals surface area contributed by atoms with Crippen LogP contribution in [0.15, 0.2) is 12.5 Å². The number of hydrogen-bond acceptors (Lipinski definition) is 3. The third-order valence-electron chi connectivity index (χ3n) is 4.70. The second-order valence-corrected chi connectivity index (χ2v) is 6.05. The van der Waals surface area contributed by atoms with Gasteiger partial charge < -0.3 is 9.67 Å². The summed E-state index contributed by atoms with van der Waals surface area (Å²) in [6, 6.07) is 2.45. The maximum Gasteiger partial charge on any atom is 0.114 e. The van der Waals surface area contributed by atoms with Crippen molar-refractivity contribution in [2.24, 2.45) is 11.3 Å². The van der Waals surface area contributed by atoms with Gasteiger partial charge in [0, 0.05) is 6.54 Å². The van der Waals surface area contributed by atoms with Gasteiger partial charge in [0.2, 0.25) is 0 Å². The highest BCUT2D eigenvalue weighted by Gasteiger charge is 2.44. The quantitative estimate of drug-likeness (QED) is 0.895. The molecule has 1 aromatic rings. The number of aromatic nitrogens is 2. The molecule has 20 heavy (non-hydrogen) atoms. The summed E-state index contributed by atoms with van der Waals surface area (Å²) < 4.78 is 1.99. The zero-order valence-corrected chi connectivity index (χ0v) is 12.5. The minimum absolute atomic E-state index is 0.556. The number of aliphatic hydroxyl groups excluding tert-OH is 1. The summed E-state index contributed by atoms with van der Waals surface area (Å²) in [6.45, 7) is 5.11. The molecule has 1 saturated carbocycles. The third-order valence-corrected chi connectivity index (χ3v) is 4.70. The van der Waals surface area contributed by atoms with Gasteiger partial charge in [0.25, 0.3) is 0 Å². The van der Waals surface area contributed by atoms with Crippen LogP contribution in [-0.4, -0.2) is 14.7 Å². The maximum atomic E-state index is 10.8. The maximum absolute atomic E-state index is 10.8. The summed E-state index contributed by atoms with van der Waals surface area (Å²) in [7, 11) is 0. The molecular formula is C16H25N3O. The summed E-state index contributed by atoms with van der Waals surface area (Å²) in [5, 5.41) is 20.5. The highest BCUT2D eigenvalue weighted by Crippen LogP contribution is 2.48. The van der Waals surface area contributed by atoms with Crippen LogP contribution in [0.1, 0.15) is 64.2 Å². The first-order valence-corrected chi connectivity index (χ1v) is 7.76. The first-order chi connectivity index (χ1) is 9.66. The molecule has 1 N–H and O–H groups in total. The summed E-state index contributed by atoms with van der Waals surface area (Å²) in [6.07, 6.45) is 8.64. The van der Waals surface area contributed by atoms with E-state index in [1.54, 1.807) is 12.5 Å². The molecule has 0 bridgehead atoms. The molecule has 4 nitrogen and oxygen atoms in total. The summed E-state index contributed by atoms with van der Waals surface area (Å²) in [5.74, 6) is 0.556. The molecule has 0 spiro atoms. The molecule has 1 aliphatic carbocycles. The van der Waals surface area contributed by atoms with Crippen molar-refractivity contribution in [3.05, 3.63) is 18.2 Å². The number of nitriles is 1. The van der Waals surface area contributed by atoms with Crippen molar-refractivity contribution in [1.82, 2.24) is 9.55 Å². The lowest BCUT2D eigenvalue weighted by Gasteiger charge is -2.39. The Morgan fingerprint density at radius 1 is 1.60 bits per heavy atom. The molecule has 1 aromatic heterocycles. The molecule has 2 rings (SSSR count). The largest absolute Gasteiger partial charge is 0.385 e. The van der Waals surface area contributed by atoms with Crippen molar-refractivity contribution >= 4 is 0 Å². The second kappa shape index (κ2) is 6.41. The molecule has 3 atom stereocenters. The molecule has 0 radical (unpaired) electrons. The fourth-order valence-electron chi connectivity index (χ4n) is 3.45. The highest BCUT2D eigenvalue weighted by molar-refractivity contribution is 5.16. The van der Waals surface area contributed by atoms with E-state index in [1.807, 2.05) is 4.57 Å². The summed E-state index contributed by atoms with van der Waals surface area (Å²) in [5.41, 5.74) is 0.162. The van der Waals surface area contributed by atoms with E-state index in [9.17, 15) is 10.4 Å². The van der Waals surface area contributed by atoms with Crippen molar-refractivity contribution in [2.75, 3.05) is 0 Å². The Balaban J connectivity index is 2.26. The number of nitrogens with zero attached hydrogens (tertiary/aromatic N) is 3. The fraction of sp³-hybridized carbons (Fsp3) is 0.750. The first kappa shape index (κ1) is 15.1. The fourth-order valence-corrected chi connectivity index (χ4v) is 3.45. The van der Waals surface area contributed by atoms with Crippen LogP contribution in [0.2, 0.25) is 0 Å². The van der Waals surface area contributed by atoms with Crippen molar-refractivity contribution in [1.29, 1.82) is 5.26 Å². The number of imidazole rings is 1. The Hall–Kier alpha value is -1.34. The van der Waals surface area contributed by atoms with Gasteiger partial charge in [-0.05, 0) is 25.2 Å². The number of aryl methyl sites for hydroxylation is 1. The number of rotatable bonds is 5. The van der Waals surface area contributed by atoms with E-state index in [0.29, 0.717) is 5.92 Å². The molecule has 1 heterocycles. The normalized spacial score (nSPS) is 28.0. The van der Waals surface area contributed by atoms with E-state index in [0.717, 1.165) is 44.3 Å². The van der Waals surface area contributed by atoms with Crippen molar-refractivity contribution in [3.8, 4) is 6.07 Å². The topological polar surface area (TPSA) is 61.8 Å². The van der Waals surface area contributed by atoms with Gasteiger partial charge in [0.15, 0.2) is 0 Å². The van der Waals surface area contributed by atoms with Crippen LogP contribution in [0.4, 0.5) is 0 Å². The van der Waals surface area contributed by atoms with Crippen LogP contribution in [0.25, 0.3) is 0 Å². The van der Waals surface area contributed by atoms with E-state index >= 15 is 0 Å². The van der Waals surface area contributed by atoms with Crippen LogP contribution in [0.3, 0.4) is 0 Å². The van der Waals surface area contributed by atoms with Gasteiger partial charge in [-0.2, -0.15) is 5.26 Å². The average Bonchev–Trinajstić information content (AvgIpc) is 2.95. The van der Waals surface area contributed by atoms with E-state index in [-0.39, 0.29) is 0 Å². The van der Waals surface area contributed by atoms with Gasteiger partial charge in [-0.1, -0.05) is 33.1 Å². The highest BCUT2D eigenvalue weighted by atomic mass is 16.3. The van der Waals surface area contributed by atoms with Crippen LogP contribution in [0, 0.1) is 22.7 Å². The lowest BCUT2D eigenvalue weighted by Crippen LogP contribution is -2.34. The van der Waals surface area contributed by atoms with Crippen LogP contribution >= 0.6 is 0 Å². The number of aliphatic hydroxyl groups is 1. The Labute approximate surface area is 121 Å². The summed E-state index contributed by atoms with van der Waals surface area (Å²) >= 11 is 0. The van der Waals surface area contributed by atoms with Gasteiger partial charge in [0.05, 0.1) is 29.7 Å². The molecule has 0 aliphatic heterocycles. The lowest BCUT2D eigenvalue weighted by atomic mass is 9.66. The van der Waals surface area contributed by atoms with E-state index in [4.69, 9.17) is 0 Å². The lowest BCUT2D eigenvalue weighted by molar-refractivity contribution is 0.0133. The van der Waals surface area contributed by atoms with Gasteiger partial charge in [-0.15, -0.1) is 0 Å². The SMILES string of the molecule is CCCn1cncc1C(O)C1(C#N)CCCC(CC)C1. The standard InChI is InChI=1S/C16H25N3O/c1-3-8-19-12-18-10-14(19)15(20)16(11-17)7-5-6-13(4-2)9-16/h10,12-13,15,20H,3-9H2,1-2H3. The Morgan fingerprint density at radius 2 is 2.40 bits per heavy atom. The average molecular weight is 275 g/mol. The molecular weight excluding hydrogens is 250 g/mol. The predicted molar refractivity (Wildman–Crippen MR) is 77.8 cm³/mol. The molecule has 1 fully saturated rings. The number of hydrogen-bond donors (Lipinski definition) is 1. The predicted octanol–water partition coefficient (Wildman–Crippen LogP) is 3.44. The third kappa shape index (κ3) is 2.73. The molecule has 110 valence electrons. The smallest absolute Gasteiger partial charge is 0.114 e. The minimum atomic E-state index is -0.726. The summed E-state index contributed by atoms with van der Waals surface area (Å²) in [4.78, 5) is 4.15. The molecule has 1 aliphatic rings. The Bertz CT molecular complexity index is 476. The van der Waals surface area contributed by atoms with Gasteiger partial charge in [0.1, 0.15) is 6.10 Å². The van der Waals surface area contributed by atoms with Crippen molar-refractivity contribution in [3.63, 3.8) is 0 Å². The van der Waals surface area contributed by atoms with Gasteiger partial charge in [-0.25, -0.2) is 4.98 Å². The van der Waals surface area contributed by atoms with Gasteiger partial charge >= 0.3 is 0 Å². The van der Waals surface area contributed by atoms with Crippen LogP contribution < -0.4 is 0 Å². The van der Waals surface area contributed by atoms with Crippen molar-refractivity contribution < 1.29 is 5.11 Å². The molecule has 0 amide bonds. The zero-order chi connectivity index (χ0) is 14.6. The van der Waals surface area contributed by atoms with E-state index in [2.05, 4.69) is 24.9 Å². The monoisotopic (exact) mass is 275 g/mol. The molecule has 0 aromatic carbocycles. The van der Waals surface area contributed by atoms with Crippen molar-refractivity contribution in [2.45, 2.75) is 65.0 Å².